The Bertz CT molecular complexity index is 697. The molecular weight excluding hydrogens is 310 g/mol. The van der Waals surface area contributed by atoms with Crippen LogP contribution in [-0.4, -0.2) is 29.6 Å². The molecule has 0 radical (unpaired) electrons. The Morgan fingerprint density at radius 2 is 2.22 bits per heavy atom. The molecule has 0 bridgehead atoms. The van der Waals surface area contributed by atoms with Crippen molar-refractivity contribution < 1.29 is 14.6 Å². The zero-order valence-corrected chi connectivity index (χ0v) is 14.2. The molecule has 0 saturated carbocycles. The highest BCUT2D eigenvalue weighted by atomic mass is 32.1. The molecule has 2 aromatic rings. The number of aryl methyl sites for hydroxylation is 1. The Kier molecular flexibility index (Phi) is 4.68. The van der Waals surface area contributed by atoms with Gasteiger partial charge in [-0.1, -0.05) is 12.1 Å². The van der Waals surface area contributed by atoms with E-state index in [4.69, 9.17) is 4.74 Å². The van der Waals surface area contributed by atoms with Crippen molar-refractivity contribution in [2.75, 3.05) is 13.7 Å². The molecule has 5 heteroatoms. The summed E-state index contributed by atoms with van der Waals surface area (Å²) in [6.07, 6.45) is 0.779. The van der Waals surface area contributed by atoms with E-state index in [9.17, 15) is 9.90 Å². The average Bonchev–Trinajstić information content (AvgIpc) is 3.22. The van der Waals surface area contributed by atoms with Crippen LogP contribution in [0.3, 0.4) is 0 Å². The zero-order valence-electron chi connectivity index (χ0n) is 13.4. The van der Waals surface area contributed by atoms with Gasteiger partial charge in [-0.25, -0.2) is 0 Å². The number of carbonyl (C=O) groups is 1. The maximum Gasteiger partial charge on any atom is 0.256 e. The largest absolute Gasteiger partial charge is 0.497 e. The second kappa shape index (κ2) is 6.72. The second-order valence-corrected chi connectivity index (χ2v) is 7.14. The number of aliphatic hydroxyl groups excluding tert-OH is 1. The van der Waals surface area contributed by atoms with Crippen molar-refractivity contribution in [3.63, 3.8) is 0 Å². The van der Waals surface area contributed by atoms with Gasteiger partial charge in [-0.3, -0.25) is 4.79 Å². The number of aliphatic hydroxyl groups is 1. The maximum absolute atomic E-state index is 12.8. The van der Waals surface area contributed by atoms with Gasteiger partial charge in [0.2, 0.25) is 0 Å². The molecule has 0 aliphatic carbocycles. The first-order valence-corrected chi connectivity index (χ1v) is 8.60. The van der Waals surface area contributed by atoms with Crippen LogP contribution in [0.5, 0.6) is 5.75 Å². The van der Waals surface area contributed by atoms with Gasteiger partial charge in [-0.2, -0.15) is 0 Å². The third kappa shape index (κ3) is 3.26. The highest BCUT2D eigenvalue weighted by Crippen LogP contribution is 2.37. The first-order valence-electron chi connectivity index (χ1n) is 7.79. The van der Waals surface area contributed by atoms with Crippen LogP contribution < -0.4 is 4.74 Å². The smallest absolute Gasteiger partial charge is 0.256 e. The fourth-order valence-electron chi connectivity index (χ4n) is 3.07. The van der Waals surface area contributed by atoms with E-state index in [0.29, 0.717) is 17.9 Å². The average molecular weight is 331 g/mol. The summed E-state index contributed by atoms with van der Waals surface area (Å²) < 4.78 is 5.17. The first kappa shape index (κ1) is 16.0. The summed E-state index contributed by atoms with van der Waals surface area (Å²) in [6, 6.07) is 11.3. The number of nitrogens with zero attached hydrogens (tertiary/aromatic N) is 1. The number of carbonyl (C=O) groups excluding carboxylic acids is 1. The van der Waals surface area contributed by atoms with Gasteiger partial charge in [0.15, 0.2) is 6.10 Å². The van der Waals surface area contributed by atoms with Gasteiger partial charge in [0.05, 0.1) is 13.2 Å². The molecule has 0 spiro atoms. The first-order chi connectivity index (χ1) is 11.1. The van der Waals surface area contributed by atoms with E-state index in [-0.39, 0.29) is 11.9 Å². The minimum Gasteiger partial charge on any atom is -0.497 e. The van der Waals surface area contributed by atoms with E-state index in [1.165, 1.54) is 9.75 Å². The Labute approximate surface area is 140 Å². The topological polar surface area (TPSA) is 49.8 Å². The molecule has 2 unspecified atom stereocenters. The van der Waals surface area contributed by atoms with Gasteiger partial charge < -0.3 is 14.7 Å². The molecule has 1 aliphatic rings. The second-order valence-electron chi connectivity index (χ2n) is 5.82. The predicted molar refractivity (Wildman–Crippen MR) is 90.7 cm³/mol. The third-order valence-electron chi connectivity index (χ3n) is 4.27. The van der Waals surface area contributed by atoms with E-state index >= 15 is 0 Å². The SMILES string of the molecule is COc1cccc(C(O)C(=O)N2CCCC2c2ccc(C)s2)c1. The number of hydrogen-bond acceptors (Lipinski definition) is 4. The lowest BCUT2D eigenvalue weighted by atomic mass is 10.1. The number of methoxy groups -OCH3 is 1. The van der Waals surface area contributed by atoms with Crippen LogP contribution in [0.1, 0.15) is 40.3 Å². The lowest BCUT2D eigenvalue weighted by Gasteiger charge is -2.26. The van der Waals surface area contributed by atoms with Crippen LogP contribution in [0, 0.1) is 6.92 Å². The zero-order chi connectivity index (χ0) is 16.4. The van der Waals surface area contributed by atoms with Crippen molar-refractivity contribution in [2.45, 2.75) is 31.9 Å². The molecule has 2 heterocycles. The van der Waals surface area contributed by atoms with Crippen LogP contribution in [0.25, 0.3) is 0 Å². The molecular formula is C18H21NO3S. The molecule has 122 valence electrons. The minimum absolute atomic E-state index is 0.0847. The standard InChI is InChI=1S/C18H21NO3S/c1-12-8-9-16(23-12)15-7-4-10-19(15)18(21)17(20)13-5-3-6-14(11-13)22-2/h3,5-6,8-9,11,15,17,20H,4,7,10H2,1-2H3. The van der Waals surface area contributed by atoms with Crippen LogP contribution in [0.4, 0.5) is 0 Å². The van der Waals surface area contributed by atoms with Gasteiger partial charge in [0.25, 0.3) is 5.91 Å². The number of ether oxygens (including phenoxy) is 1. The lowest BCUT2D eigenvalue weighted by molar-refractivity contribution is -0.141. The van der Waals surface area contributed by atoms with Gasteiger partial charge in [0, 0.05) is 16.3 Å². The number of amides is 1. The fourth-order valence-corrected chi connectivity index (χ4v) is 4.10. The van der Waals surface area contributed by atoms with Crippen molar-refractivity contribution in [3.05, 3.63) is 51.7 Å². The van der Waals surface area contributed by atoms with Crippen LogP contribution in [0.15, 0.2) is 36.4 Å². The van der Waals surface area contributed by atoms with Gasteiger partial charge in [0.1, 0.15) is 5.75 Å². The number of benzene rings is 1. The van der Waals surface area contributed by atoms with Crippen molar-refractivity contribution in [3.8, 4) is 5.75 Å². The Morgan fingerprint density at radius 3 is 2.91 bits per heavy atom. The fraction of sp³-hybridized carbons (Fsp3) is 0.389. The van der Waals surface area contributed by atoms with Crippen molar-refractivity contribution >= 4 is 17.2 Å². The van der Waals surface area contributed by atoms with Crippen LogP contribution in [0.2, 0.25) is 0 Å². The van der Waals surface area contributed by atoms with E-state index in [2.05, 4.69) is 19.1 Å². The normalized spacial score (nSPS) is 18.9. The van der Waals surface area contributed by atoms with Crippen LogP contribution in [-0.2, 0) is 4.79 Å². The molecule has 1 aliphatic heterocycles. The third-order valence-corrected chi connectivity index (χ3v) is 5.37. The summed E-state index contributed by atoms with van der Waals surface area (Å²) in [7, 11) is 1.57. The van der Waals surface area contributed by atoms with E-state index in [0.717, 1.165) is 12.8 Å². The van der Waals surface area contributed by atoms with Gasteiger partial charge >= 0.3 is 0 Å². The highest BCUT2D eigenvalue weighted by molar-refractivity contribution is 7.12. The van der Waals surface area contributed by atoms with Crippen LogP contribution >= 0.6 is 11.3 Å². The van der Waals surface area contributed by atoms with Crippen molar-refractivity contribution in [2.24, 2.45) is 0 Å². The molecule has 1 aromatic carbocycles. The molecule has 3 rings (SSSR count). The van der Waals surface area contributed by atoms with E-state index < -0.39 is 6.10 Å². The Balaban J connectivity index is 1.80. The molecule has 23 heavy (non-hydrogen) atoms. The van der Waals surface area contributed by atoms with Gasteiger partial charge in [-0.05, 0) is 49.6 Å². The molecule has 4 nitrogen and oxygen atoms in total. The molecule has 1 aromatic heterocycles. The van der Waals surface area contributed by atoms with E-state index in [1.807, 2.05) is 4.90 Å². The number of rotatable bonds is 4. The molecule has 1 fully saturated rings. The maximum atomic E-state index is 12.8. The van der Waals surface area contributed by atoms with Crippen molar-refractivity contribution in [1.29, 1.82) is 0 Å². The summed E-state index contributed by atoms with van der Waals surface area (Å²) >= 11 is 1.72. The Hall–Kier alpha value is -1.85. The number of thiophene rings is 1. The highest BCUT2D eigenvalue weighted by Gasteiger charge is 2.34. The van der Waals surface area contributed by atoms with Crippen molar-refractivity contribution in [1.82, 2.24) is 4.90 Å². The summed E-state index contributed by atoms with van der Waals surface area (Å²) in [5, 5.41) is 10.5. The minimum atomic E-state index is -1.15. The number of hydrogen-bond donors (Lipinski definition) is 1. The molecule has 1 amide bonds. The quantitative estimate of drug-likeness (QED) is 0.933. The molecule has 2 atom stereocenters. The van der Waals surface area contributed by atoms with E-state index in [1.54, 1.807) is 42.7 Å². The predicted octanol–water partition coefficient (Wildman–Crippen LogP) is 3.46. The van der Waals surface area contributed by atoms with Gasteiger partial charge in [-0.15, -0.1) is 11.3 Å². The molecule has 1 N–H and O–H groups in total. The Morgan fingerprint density at radius 1 is 1.39 bits per heavy atom. The summed E-state index contributed by atoms with van der Waals surface area (Å²) in [6.45, 7) is 2.77. The lowest BCUT2D eigenvalue weighted by Crippen LogP contribution is -2.34. The monoisotopic (exact) mass is 331 g/mol. The summed E-state index contributed by atoms with van der Waals surface area (Å²) in [4.78, 5) is 17.0. The summed E-state index contributed by atoms with van der Waals surface area (Å²) in [5.41, 5.74) is 0.572. The molecule has 1 saturated heterocycles. The number of likely N-dealkylation sites (tertiary alicyclic amines) is 1. The summed E-state index contributed by atoms with van der Waals surface area (Å²) in [5.74, 6) is 0.410.